The average molecular weight is 553 g/mol. The van der Waals surface area contributed by atoms with Gasteiger partial charge in [0.05, 0.1) is 30.5 Å². The second-order valence-electron chi connectivity index (χ2n) is 8.76. The van der Waals surface area contributed by atoms with Gasteiger partial charge in [-0.2, -0.15) is 14.9 Å². The van der Waals surface area contributed by atoms with E-state index < -0.39 is 29.7 Å². The van der Waals surface area contributed by atoms with Crippen LogP contribution in [0.1, 0.15) is 47.0 Å². The zero-order valence-electron chi connectivity index (χ0n) is 21.8. The summed E-state index contributed by atoms with van der Waals surface area (Å²) in [6.07, 6.45) is 2.22. The van der Waals surface area contributed by atoms with Crippen LogP contribution in [0.3, 0.4) is 0 Å². The maximum Gasteiger partial charge on any atom is 0.378 e. The third kappa shape index (κ3) is 6.17. The number of nitriles is 1. The molecule has 2 amide bonds. The molecule has 1 aromatic carbocycles. The van der Waals surface area contributed by atoms with Crippen LogP contribution in [0.25, 0.3) is 5.82 Å². The largest absolute Gasteiger partial charge is 0.460 e. The number of rotatable bonds is 8. The minimum atomic E-state index is -0.765. The standard InChI is InChI=1S/C25H26F2N10O3/c1-3-40-23(38)21-31-15(2)37(34-21)22-19(27)14-30-24(33-22)35-6-8-36(9-7-35)25(39)32-20(4-5-28)17-10-16(13-29)11-18(26)12-17/h5,10-12,14,20,28H,3-4,6-9H2,1-2H3,(H,32,39)/t20-/m0/s1. The van der Waals surface area contributed by atoms with Gasteiger partial charge in [0.1, 0.15) is 11.6 Å². The van der Waals surface area contributed by atoms with Gasteiger partial charge >= 0.3 is 12.0 Å². The lowest BCUT2D eigenvalue weighted by atomic mass is 10.0. The molecule has 15 heteroatoms. The molecule has 40 heavy (non-hydrogen) atoms. The molecule has 0 unspecified atom stereocenters. The van der Waals surface area contributed by atoms with Crippen molar-refractivity contribution in [1.82, 2.24) is 34.9 Å². The zero-order valence-corrected chi connectivity index (χ0v) is 21.8. The Morgan fingerprint density at radius 3 is 2.65 bits per heavy atom. The van der Waals surface area contributed by atoms with E-state index in [1.54, 1.807) is 23.6 Å². The van der Waals surface area contributed by atoms with E-state index in [1.165, 1.54) is 12.1 Å². The molecule has 0 saturated carbocycles. The van der Waals surface area contributed by atoms with E-state index in [1.807, 2.05) is 6.07 Å². The Morgan fingerprint density at radius 1 is 1.23 bits per heavy atom. The topological polar surface area (TPSA) is 166 Å². The summed E-state index contributed by atoms with van der Waals surface area (Å²) in [5, 5.41) is 23.4. The molecule has 4 rings (SSSR count). The van der Waals surface area contributed by atoms with E-state index in [2.05, 4.69) is 25.4 Å². The fourth-order valence-electron chi connectivity index (χ4n) is 4.15. The first kappa shape index (κ1) is 28.0. The molecule has 1 atom stereocenters. The Labute approximate surface area is 227 Å². The monoisotopic (exact) mass is 552 g/mol. The Morgan fingerprint density at radius 2 is 1.98 bits per heavy atom. The number of ether oxygens (including phenoxy) is 1. The lowest BCUT2D eigenvalue weighted by Gasteiger charge is -2.35. The van der Waals surface area contributed by atoms with Crippen molar-refractivity contribution in [2.24, 2.45) is 0 Å². The first-order valence-electron chi connectivity index (χ1n) is 12.4. The SMILES string of the molecule is CCOC(=O)c1nc(C)n(-c2nc(N3CCN(C(=O)N[C@@H](CC=N)c4cc(F)cc(C#N)c4)CC3)ncc2F)n1. The Hall–Kier alpha value is -5.00. The highest BCUT2D eigenvalue weighted by molar-refractivity contribution is 5.85. The molecular weight excluding hydrogens is 526 g/mol. The number of nitrogens with one attached hydrogen (secondary N) is 2. The van der Waals surface area contributed by atoms with Gasteiger partial charge in [0.15, 0.2) is 11.6 Å². The Balaban J connectivity index is 1.44. The molecule has 208 valence electrons. The highest BCUT2D eigenvalue weighted by atomic mass is 19.1. The van der Waals surface area contributed by atoms with Gasteiger partial charge in [-0.15, -0.1) is 5.10 Å². The fraction of sp³-hybridized carbons (Fsp3) is 0.360. The summed E-state index contributed by atoms with van der Waals surface area (Å²) in [4.78, 5) is 40.7. The van der Waals surface area contributed by atoms with Gasteiger partial charge in [-0.05, 0) is 43.8 Å². The molecule has 13 nitrogen and oxygen atoms in total. The number of aromatic nitrogens is 5. The minimum Gasteiger partial charge on any atom is -0.460 e. The molecular formula is C25H26F2N10O3. The van der Waals surface area contributed by atoms with E-state index in [0.717, 1.165) is 23.2 Å². The molecule has 1 aliphatic rings. The zero-order chi connectivity index (χ0) is 28.8. The Bertz CT molecular complexity index is 1460. The van der Waals surface area contributed by atoms with Crippen molar-refractivity contribution in [3.8, 4) is 11.9 Å². The van der Waals surface area contributed by atoms with Gasteiger partial charge in [0.25, 0.3) is 5.82 Å². The van der Waals surface area contributed by atoms with Crippen LogP contribution in [-0.2, 0) is 4.74 Å². The first-order valence-corrected chi connectivity index (χ1v) is 12.4. The van der Waals surface area contributed by atoms with Gasteiger partial charge in [-0.1, -0.05) is 0 Å². The second-order valence-corrected chi connectivity index (χ2v) is 8.76. The lowest BCUT2D eigenvalue weighted by Crippen LogP contribution is -2.52. The van der Waals surface area contributed by atoms with Crippen molar-refractivity contribution in [2.45, 2.75) is 26.3 Å². The number of halogens is 2. The minimum absolute atomic E-state index is 0.115. The van der Waals surface area contributed by atoms with E-state index in [-0.39, 0.29) is 55.1 Å². The number of carbonyl (C=O) groups is 2. The van der Waals surface area contributed by atoms with Crippen LogP contribution in [0, 0.1) is 35.3 Å². The summed E-state index contributed by atoms with van der Waals surface area (Å²) in [6.45, 7) is 4.55. The number of aryl methyl sites for hydroxylation is 1. The van der Waals surface area contributed by atoms with Crippen molar-refractivity contribution in [1.29, 1.82) is 10.7 Å². The van der Waals surface area contributed by atoms with Crippen molar-refractivity contribution in [3.63, 3.8) is 0 Å². The summed E-state index contributed by atoms with van der Waals surface area (Å²) in [7, 11) is 0. The van der Waals surface area contributed by atoms with Crippen LogP contribution >= 0.6 is 0 Å². The van der Waals surface area contributed by atoms with Crippen LogP contribution in [0.4, 0.5) is 19.5 Å². The summed E-state index contributed by atoms with van der Waals surface area (Å²) in [5.41, 5.74) is 0.499. The molecule has 3 heterocycles. The quantitative estimate of drug-likeness (QED) is 0.315. The molecule has 0 radical (unpaired) electrons. The smallest absolute Gasteiger partial charge is 0.378 e. The molecule has 0 spiro atoms. The van der Waals surface area contributed by atoms with Gasteiger partial charge < -0.3 is 25.3 Å². The number of urea groups is 1. The highest BCUT2D eigenvalue weighted by Crippen LogP contribution is 2.21. The van der Waals surface area contributed by atoms with E-state index in [9.17, 15) is 18.4 Å². The van der Waals surface area contributed by atoms with Crippen LogP contribution in [0.2, 0.25) is 0 Å². The third-order valence-electron chi connectivity index (χ3n) is 6.09. The van der Waals surface area contributed by atoms with Crippen molar-refractivity contribution in [2.75, 3.05) is 37.7 Å². The maximum atomic E-state index is 14.7. The number of hydrogen-bond acceptors (Lipinski definition) is 10. The van der Waals surface area contributed by atoms with Crippen molar-refractivity contribution >= 4 is 24.2 Å². The number of carbonyl (C=O) groups excluding carboxylic acids is 2. The number of amides is 2. The average Bonchev–Trinajstić information content (AvgIpc) is 3.34. The van der Waals surface area contributed by atoms with Gasteiger partial charge in [-0.3, -0.25) is 0 Å². The van der Waals surface area contributed by atoms with Crippen LogP contribution in [-0.4, -0.2) is 80.6 Å². The van der Waals surface area contributed by atoms with E-state index in [4.69, 9.17) is 15.4 Å². The molecule has 1 saturated heterocycles. The number of nitrogens with zero attached hydrogens (tertiary/aromatic N) is 8. The molecule has 1 fully saturated rings. The van der Waals surface area contributed by atoms with Crippen LogP contribution < -0.4 is 10.2 Å². The molecule has 3 aromatic rings. The number of piperazine rings is 1. The molecule has 0 aliphatic carbocycles. The second kappa shape index (κ2) is 12.2. The van der Waals surface area contributed by atoms with Gasteiger partial charge in [0.2, 0.25) is 5.95 Å². The number of anilines is 1. The summed E-state index contributed by atoms with van der Waals surface area (Å²) >= 11 is 0. The van der Waals surface area contributed by atoms with Crippen molar-refractivity contribution < 1.29 is 23.1 Å². The number of esters is 1. The summed E-state index contributed by atoms with van der Waals surface area (Å²) in [6, 6.07) is 4.57. The molecule has 2 aromatic heterocycles. The highest BCUT2D eigenvalue weighted by Gasteiger charge is 2.26. The fourth-order valence-corrected chi connectivity index (χ4v) is 4.15. The molecule has 0 bridgehead atoms. The van der Waals surface area contributed by atoms with Crippen LogP contribution in [0.15, 0.2) is 24.4 Å². The normalized spacial score (nSPS) is 13.9. The van der Waals surface area contributed by atoms with Crippen LogP contribution in [0.5, 0.6) is 0 Å². The lowest BCUT2D eigenvalue weighted by molar-refractivity contribution is 0.0512. The molecule has 1 aliphatic heterocycles. The molecule has 2 N–H and O–H groups in total. The van der Waals surface area contributed by atoms with Crippen molar-refractivity contribution in [3.05, 3.63) is 58.8 Å². The van der Waals surface area contributed by atoms with E-state index in [0.29, 0.717) is 18.7 Å². The predicted molar refractivity (Wildman–Crippen MR) is 137 cm³/mol. The predicted octanol–water partition coefficient (Wildman–Crippen LogP) is 2.30. The number of hydrogen-bond donors (Lipinski definition) is 2. The van der Waals surface area contributed by atoms with E-state index >= 15 is 0 Å². The Kier molecular flexibility index (Phi) is 8.57. The first-order chi connectivity index (χ1) is 19.2. The van der Waals surface area contributed by atoms with Gasteiger partial charge in [0, 0.05) is 32.6 Å². The number of benzene rings is 1. The third-order valence-corrected chi connectivity index (χ3v) is 6.09. The summed E-state index contributed by atoms with van der Waals surface area (Å²) in [5.74, 6) is -2.08. The maximum absolute atomic E-state index is 14.7. The summed E-state index contributed by atoms with van der Waals surface area (Å²) < 4.78 is 34.6. The van der Waals surface area contributed by atoms with Gasteiger partial charge in [-0.25, -0.2) is 28.3 Å².